The number of fused-ring (bicyclic) bond motifs is 2. The predicted octanol–water partition coefficient (Wildman–Crippen LogP) is 4.45. The fourth-order valence-corrected chi connectivity index (χ4v) is 5.37. The first-order valence-corrected chi connectivity index (χ1v) is 9.86. The minimum atomic E-state index is -0.446. The van der Waals surface area contributed by atoms with Crippen LogP contribution in [0.5, 0.6) is 0 Å². The number of Topliss-reactive ketones (excluding diaryl/α,β-unsaturated/α-hetero) is 1. The van der Waals surface area contributed by atoms with Crippen molar-refractivity contribution in [1.29, 1.82) is 0 Å². The lowest BCUT2D eigenvalue weighted by Gasteiger charge is -2.39. The van der Waals surface area contributed by atoms with Crippen LogP contribution in [0.1, 0.15) is 57.3 Å². The van der Waals surface area contributed by atoms with Gasteiger partial charge in [0.15, 0.2) is 5.78 Å². The molecule has 0 aliphatic heterocycles. The highest BCUT2D eigenvalue weighted by Crippen LogP contribution is 2.65. The first-order valence-electron chi connectivity index (χ1n) is 8.88. The number of thioether (sulfide) groups is 1. The molecule has 2 saturated carbocycles. The Hall–Kier alpha value is -1.36. The Labute approximate surface area is 153 Å². The highest BCUT2D eigenvalue weighted by molar-refractivity contribution is 8.00. The molecule has 1 amide bonds. The highest BCUT2D eigenvalue weighted by atomic mass is 32.2. The minimum absolute atomic E-state index is 0.0466. The minimum Gasteiger partial charge on any atom is -0.352 e. The lowest BCUT2D eigenvalue weighted by Crippen LogP contribution is -2.47. The van der Waals surface area contributed by atoms with Crippen molar-refractivity contribution in [2.75, 3.05) is 5.75 Å². The summed E-state index contributed by atoms with van der Waals surface area (Å²) < 4.78 is 14.0. The quantitative estimate of drug-likeness (QED) is 0.621. The first-order chi connectivity index (χ1) is 11.6. The van der Waals surface area contributed by atoms with E-state index in [1.54, 1.807) is 12.1 Å². The number of halogens is 1. The molecule has 3 rings (SSSR count). The molecule has 2 aliphatic rings. The molecule has 1 aromatic carbocycles. The molecule has 0 radical (unpaired) electrons. The van der Waals surface area contributed by atoms with Gasteiger partial charge in [0.1, 0.15) is 5.82 Å². The van der Waals surface area contributed by atoms with Crippen LogP contribution in [0, 0.1) is 22.6 Å². The van der Waals surface area contributed by atoms with Crippen LogP contribution in [-0.2, 0) is 4.79 Å². The molecule has 0 heterocycles. The Morgan fingerprint density at radius 2 is 2.04 bits per heavy atom. The maximum atomic E-state index is 14.0. The predicted molar refractivity (Wildman–Crippen MR) is 98.3 cm³/mol. The van der Waals surface area contributed by atoms with E-state index in [1.807, 2.05) is 0 Å². The van der Waals surface area contributed by atoms with Crippen molar-refractivity contribution >= 4 is 23.5 Å². The average molecular weight is 363 g/mol. The summed E-state index contributed by atoms with van der Waals surface area (Å²) in [5, 5.41) is 3.19. The topological polar surface area (TPSA) is 46.2 Å². The van der Waals surface area contributed by atoms with Crippen molar-refractivity contribution < 1.29 is 14.0 Å². The van der Waals surface area contributed by atoms with Crippen LogP contribution in [0.15, 0.2) is 23.1 Å². The third-order valence-electron chi connectivity index (χ3n) is 6.83. The van der Waals surface area contributed by atoms with Crippen LogP contribution in [0.25, 0.3) is 0 Å². The monoisotopic (exact) mass is 363 g/mol. The Bertz CT molecular complexity index is 718. The molecule has 0 saturated heterocycles. The fraction of sp³-hybridized carbons (Fsp3) is 0.600. The van der Waals surface area contributed by atoms with E-state index in [9.17, 15) is 14.0 Å². The molecule has 3 nitrogen and oxygen atoms in total. The molecule has 136 valence electrons. The van der Waals surface area contributed by atoms with Gasteiger partial charge in [0, 0.05) is 16.5 Å². The van der Waals surface area contributed by atoms with Gasteiger partial charge in [0.2, 0.25) is 5.91 Å². The Morgan fingerprint density at radius 3 is 2.56 bits per heavy atom. The van der Waals surface area contributed by atoms with E-state index in [0.29, 0.717) is 16.4 Å². The third kappa shape index (κ3) is 3.12. The molecule has 2 bridgehead atoms. The first kappa shape index (κ1) is 18.4. The maximum absolute atomic E-state index is 14.0. The number of amides is 1. The second-order valence-electron chi connectivity index (χ2n) is 8.22. The zero-order valence-corrected chi connectivity index (χ0v) is 16.1. The van der Waals surface area contributed by atoms with Crippen molar-refractivity contribution in [3.63, 3.8) is 0 Å². The van der Waals surface area contributed by atoms with Gasteiger partial charge in [-0.2, -0.15) is 0 Å². The molecular weight excluding hydrogens is 337 g/mol. The van der Waals surface area contributed by atoms with Crippen LogP contribution in [0.3, 0.4) is 0 Å². The van der Waals surface area contributed by atoms with Gasteiger partial charge in [-0.25, -0.2) is 4.39 Å². The second kappa shape index (κ2) is 6.42. The van der Waals surface area contributed by atoms with Gasteiger partial charge in [0.25, 0.3) is 0 Å². The van der Waals surface area contributed by atoms with E-state index in [1.165, 1.54) is 31.2 Å². The smallest absolute Gasteiger partial charge is 0.230 e. The molecule has 1 aromatic rings. The van der Waals surface area contributed by atoms with Gasteiger partial charge < -0.3 is 5.32 Å². The molecule has 1 N–H and O–H groups in total. The normalized spacial score (nSPS) is 29.6. The molecule has 5 heteroatoms. The summed E-state index contributed by atoms with van der Waals surface area (Å²) in [6, 6.07) is 4.62. The van der Waals surface area contributed by atoms with Gasteiger partial charge in [-0.3, -0.25) is 9.59 Å². The molecule has 0 spiro atoms. The van der Waals surface area contributed by atoms with Crippen LogP contribution in [0.2, 0.25) is 0 Å². The van der Waals surface area contributed by atoms with Crippen LogP contribution >= 0.6 is 11.8 Å². The number of hydrogen-bond acceptors (Lipinski definition) is 3. The number of hydrogen-bond donors (Lipinski definition) is 1. The molecule has 25 heavy (non-hydrogen) atoms. The van der Waals surface area contributed by atoms with E-state index in [4.69, 9.17) is 0 Å². The summed E-state index contributed by atoms with van der Waals surface area (Å²) in [6.45, 7) is 8.33. The molecule has 2 aliphatic carbocycles. The standard InChI is InChI=1S/C20H26FNO2S/c1-12(23)13-5-6-16(15(21)9-13)25-11-18(24)22-17-10-14-7-8-20(17,4)19(14,2)3/h5-6,9,14,17H,7-8,10-11H2,1-4H3,(H,22,24). The zero-order valence-electron chi connectivity index (χ0n) is 15.3. The summed E-state index contributed by atoms with van der Waals surface area (Å²) in [5.41, 5.74) is 0.752. The van der Waals surface area contributed by atoms with Gasteiger partial charge in [-0.15, -0.1) is 11.8 Å². The largest absolute Gasteiger partial charge is 0.352 e. The molecule has 0 aromatic heterocycles. The number of rotatable bonds is 5. The number of benzene rings is 1. The molecular formula is C20H26FNO2S. The van der Waals surface area contributed by atoms with Crippen molar-refractivity contribution in [1.82, 2.24) is 5.32 Å². The van der Waals surface area contributed by atoms with Crippen LogP contribution < -0.4 is 5.32 Å². The third-order valence-corrected chi connectivity index (χ3v) is 7.88. The van der Waals surface area contributed by atoms with Crippen molar-refractivity contribution in [2.45, 2.75) is 57.9 Å². The van der Waals surface area contributed by atoms with Crippen molar-refractivity contribution in [2.24, 2.45) is 16.7 Å². The summed E-state index contributed by atoms with van der Waals surface area (Å²) in [7, 11) is 0. The lowest BCUT2D eigenvalue weighted by molar-refractivity contribution is -0.120. The van der Waals surface area contributed by atoms with Crippen molar-refractivity contribution in [3.05, 3.63) is 29.6 Å². The SMILES string of the molecule is CC(=O)c1ccc(SCC(=O)NC2CC3CCC2(C)C3(C)C)c(F)c1. The fourth-order valence-electron chi connectivity index (χ4n) is 4.64. The van der Waals surface area contributed by atoms with Gasteiger partial charge in [0.05, 0.1) is 5.75 Å². The number of ketones is 1. The number of nitrogens with one attached hydrogen (secondary N) is 1. The summed E-state index contributed by atoms with van der Waals surface area (Å²) in [5.74, 6) is 0.203. The second-order valence-corrected chi connectivity index (χ2v) is 9.24. The average Bonchev–Trinajstić information content (AvgIpc) is 2.87. The summed E-state index contributed by atoms with van der Waals surface area (Å²) >= 11 is 1.18. The maximum Gasteiger partial charge on any atom is 0.230 e. The highest BCUT2D eigenvalue weighted by Gasteiger charge is 2.61. The Kier molecular flexibility index (Phi) is 4.73. The van der Waals surface area contributed by atoms with Gasteiger partial charge in [-0.05, 0) is 55.1 Å². The van der Waals surface area contributed by atoms with E-state index in [-0.39, 0.29) is 34.3 Å². The Balaban J connectivity index is 1.59. The van der Waals surface area contributed by atoms with E-state index < -0.39 is 5.82 Å². The summed E-state index contributed by atoms with van der Waals surface area (Å²) in [6.07, 6.45) is 3.45. The molecule has 3 unspecified atom stereocenters. The van der Waals surface area contributed by atoms with Crippen molar-refractivity contribution in [3.8, 4) is 0 Å². The number of carbonyl (C=O) groups is 2. The Morgan fingerprint density at radius 1 is 1.32 bits per heavy atom. The zero-order chi connectivity index (χ0) is 18.4. The van der Waals surface area contributed by atoms with Gasteiger partial charge >= 0.3 is 0 Å². The van der Waals surface area contributed by atoms with Crippen LogP contribution in [0.4, 0.5) is 4.39 Å². The van der Waals surface area contributed by atoms with E-state index in [2.05, 4.69) is 26.1 Å². The van der Waals surface area contributed by atoms with Gasteiger partial charge in [-0.1, -0.05) is 26.8 Å². The molecule has 2 fully saturated rings. The van der Waals surface area contributed by atoms with E-state index in [0.717, 1.165) is 12.8 Å². The lowest BCUT2D eigenvalue weighted by atomic mass is 9.69. The summed E-state index contributed by atoms with van der Waals surface area (Å²) in [4.78, 5) is 24.1. The van der Waals surface area contributed by atoms with E-state index >= 15 is 0 Å². The number of carbonyl (C=O) groups excluding carboxylic acids is 2. The molecule has 3 atom stereocenters. The van der Waals surface area contributed by atoms with Crippen LogP contribution in [-0.4, -0.2) is 23.5 Å².